The fraction of sp³-hybridized carbons (Fsp3) is 1.00. The highest BCUT2D eigenvalue weighted by molar-refractivity contribution is 4.94. The summed E-state index contributed by atoms with van der Waals surface area (Å²) < 4.78 is 0. The van der Waals surface area contributed by atoms with Gasteiger partial charge in [0.05, 0.1) is 0 Å². The lowest BCUT2D eigenvalue weighted by Gasteiger charge is -2.50. The molecule has 1 aliphatic carbocycles. The van der Waals surface area contributed by atoms with Gasteiger partial charge in [-0.05, 0) is 51.0 Å². The first kappa shape index (κ1) is 13.4. The molecule has 17 heavy (non-hydrogen) atoms. The zero-order chi connectivity index (χ0) is 12.4. The third-order valence-corrected chi connectivity index (χ3v) is 4.76. The van der Waals surface area contributed by atoms with Gasteiger partial charge < -0.3 is 5.32 Å². The Labute approximate surface area is 107 Å². The standard InChI is InChI=1S/C15H30N2/c1-11(2)16-9-14-7-8-15(14)17-10-12(3)5-6-13(17)4/h11-16H,5-10H2,1-4H3. The van der Waals surface area contributed by atoms with Crippen LogP contribution in [-0.2, 0) is 0 Å². The molecule has 0 aromatic rings. The Kier molecular flexibility index (Phi) is 4.48. The second-order valence-corrected chi connectivity index (χ2v) is 6.70. The van der Waals surface area contributed by atoms with E-state index in [2.05, 4.69) is 37.9 Å². The number of hydrogen-bond donors (Lipinski definition) is 1. The summed E-state index contributed by atoms with van der Waals surface area (Å²) in [5.74, 6) is 1.82. The second kappa shape index (κ2) is 5.71. The Hall–Kier alpha value is -0.0800. The first-order chi connectivity index (χ1) is 8.08. The van der Waals surface area contributed by atoms with Gasteiger partial charge in [0.1, 0.15) is 0 Å². The average molecular weight is 238 g/mol. The van der Waals surface area contributed by atoms with Crippen molar-refractivity contribution in [1.82, 2.24) is 10.2 Å². The van der Waals surface area contributed by atoms with Crippen LogP contribution in [0, 0.1) is 11.8 Å². The largest absolute Gasteiger partial charge is 0.314 e. The minimum Gasteiger partial charge on any atom is -0.314 e. The lowest BCUT2D eigenvalue weighted by atomic mass is 9.76. The summed E-state index contributed by atoms with van der Waals surface area (Å²) in [7, 11) is 0. The lowest BCUT2D eigenvalue weighted by Crippen LogP contribution is -2.56. The zero-order valence-electron chi connectivity index (χ0n) is 12.1. The highest BCUT2D eigenvalue weighted by atomic mass is 15.2. The molecule has 1 aliphatic heterocycles. The molecule has 2 aliphatic rings. The first-order valence-electron chi connectivity index (χ1n) is 7.57. The predicted molar refractivity (Wildman–Crippen MR) is 74.2 cm³/mol. The quantitative estimate of drug-likeness (QED) is 0.810. The molecule has 0 radical (unpaired) electrons. The number of likely N-dealkylation sites (tertiary alicyclic amines) is 1. The van der Waals surface area contributed by atoms with E-state index < -0.39 is 0 Å². The fourth-order valence-electron chi connectivity index (χ4n) is 3.40. The monoisotopic (exact) mass is 238 g/mol. The van der Waals surface area contributed by atoms with Crippen LogP contribution < -0.4 is 5.32 Å². The molecule has 0 aromatic heterocycles. The van der Waals surface area contributed by atoms with E-state index in [0.29, 0.717) is 6.04 Å². The Morgan fingerprint density at radius 3 is 2.47 bits per heavy atom. The van der Waals surface area contributed by atoms with E-state index in [1.165, 1.54) is 38.8 Å². The predicted octanol–water partition coefficient (Wildman–Crippen LogP) is 2.88. The number of nitrogens with one attached hydrogen (secondary N) is 1. The van der Waals surface area contributed by atoms with Gasteiger partial charge in [-0.2, -0.15) is 0 Å². The topological polar surface area (TPSA) is 15.3 Å². The van der Waals surface area contributed by atoms with Crippen molar-refractivity contribution in [2.24, 2.45) is 11.8 Å². The van der Waals surface area contributed by atoms with Crippen molar-refractivity contribution in [1.29, 1.82) is 0 Å². The molecule has 1 N–H and O–H groups in total. The van der Waals surface area contributed by atoms with Crippen molar-refractivity contribution in [3.05, 3.63) is 0 Å². The van der Waals surface area contributed by atoms with Gasteiger partial charge >= 0.3 is 0 Å². The van der Waals surface area contributed by atoms with Crippen LogP contribution in [0.4, 0.5) is 0 Å². The SMILES string of the molecule is CC1CCC(C)N(C2CCC2CNC(C)C)C1. The molecule has 2 fully saturated rings. The van der Waals surface area contributed by atoms with Crippen molar-refractivity contribution < 1.29 is 0 Å². The molecule has 100 valence electrons. The summed E-state index contributed by atoms with van der Waals surface area (Å²) in [5.41, 5.74) is 0. The number of hydrogen-bond acceptors (Lipinski definition) is 2. The van der Waals surface area contributed by atoms with Crippen LogP contribution in [0.1, 0.15) is 53.4 Å². The normalized spacial score (nSPS) is 39.4. The molecular formula is C15H30N2. The smallest absolute Gasteiger partial charge is 0.0139 e. The van der Waals surface area contributed by atoms with Gasteiger partial charge in [0.2, 0.25) is 0 Å². The van der Waals surface area contributed by atoms with Gasteiger partial charge in [0.25, 0.3) is 0 Å². The van der Waals surface area contributed by atoms with Crippen LogP contribution in [0.5, 0.6) is 0 Å². The third kappa shape index (κ3) is 3.23. The molecule has 4 atom stereocenters. The number of piperidine rings is 1. The molecule has 1 saturated heterocycles. The summed E-state index contributed by atoms with van der Waals surface area (Å²) in [6.45, 7) is 11.9. The maximum atomic E-state index is 3.62. The van der Waals surface area contributed by atoms with E-state index in [-0.39, 0.29) is 0 Å². The number of rotatable bonds is 4. The molecule has 0 aromatic carbocycles. The molecule has 0 bridgehead atoms. The van der Waals surface area contributed by atoms with E-state index in [9.17, 15) is 0 Å². The fourth-order valence-corrected chi connectivity index (χ4v) is 3.40. The van der Waals surface area contributed by atoms with Gasteiger partial charge in [-0.1, -0.05) is 20.8 Å². The average Bonchev–Trinajstić information content (AvgIpc) is 2.21. The molecule has 2 heteroatoms. The third-order valence-electron chi connectivity index (χ3n) is 4.76. The molecular weight excluding hydrogens is 208 g/mol. The Balaban J connectivity index is 1.84. The van der Waals surface area contributed by atoms with Crippen LogP contribution in [0.3, 0.4) is 0 Å². The van der Waals surface area contributed by atoms with E-state index in [0.717, 1.165) is 23.9 Å². The second-order valence-electron chi connectivity index (χ2n) is 6.70. The minimum atomic E-state index is 0.633. The summed E-state index contributed by atoms with van der Waals surface area (Å²) >= 11 is 0. The molecule has 2 nitrogen and oxygen atoms in total. The maximum Gasteiger partial charge on any atom is 0.0139 e. The van der Waals surface area contributed by atoms with Gasteiger partial charge in [-0.3, -0.25) is 4.90 Å². The summed E-state index contributed by atoms with van der Waals surface area (Å²) in [5, 5.41) is 3.62. The van der Waals surface area contributed by atoms with Crippen molar-refractivity contribution in [3.63, 3.8) is 0 Å². The van der Waals surface area contributed by atoms with E-state index in [4.69, 9.17) is 0 Å². The summed E-state index contributed by atoms with van der Waals surface area (Å²) in [6, 6.07) is 2.33. The number of nitrogens with zero attached hydrogens (tertiary/aromatic N) is 1. The van der Waals surface area contributed by atoms with Gasteiger partial charge in [0.15, 0.2) is 0 Å². The van der Waals surface area contributed by atoms with E-state index in [1.54, 1.807) is 0 Å². The molecule has 2 rings (SSSR count). The first-order valence-corrected chi connectivity index (χ1v) is 7.57. The molecule has 4 unspecified atom stereocenters. The Morgan fingerprint density at radius 1 is 1.12 bits per heavy atom. The van der Waals surface area contributed by atoms with Crippen molar-refractivity contribution in [2.45, 2.75) is 71.5 Å². The van der Waals surface area contributed by atoms with Crippen LogP contribution in [0.15, 0.2) is 0 Å². The van der Waals surface area contributed by atoms with Crippen LogP contribution in [0.2, 0.25) is 0 Å². The maximum absolute atomic E-state index is 3.62. The van der Waals surface area contributed by atoms with Crippen molar-refractivity contribution in [3.8, 4) is 0 Å². The van der Waals surface area contributed by atoms with Gasteiger partial charge in [-0.15, -0.1) is 0 Å². The highest BCUT2D eigenvalue weighted by Gasteiger charge is 2.38. The van der Waals surface area contributed by atoms with Gasteiger partial charge in [0, 0.05) is 24.7 Å². The van der Waals surface area contributed by atoms with Crippen LogP contribution in [-0.4, -0.2) is 36.1 Å². The zero-order valence-corrected chi connectivity index (χ0v) is 12.1. The van der Waals surface area contributed by atoms with E-state index >= 15 is 0 Å². The Morgan fingerprint density at radius 2 is 1.88 bits per heavy atom. The molecule has 1 saturated carbocycles. The Bertz CT molecular complexity index is 239. The van der Waals surface area contributed by atoms with E-state index in [1.807, 2.05) is 0 Å². The summed E-state index contributed by atoms with van der Waals surface area (Å²) in [6.07, 6.45) is 5.70. The lowest BCUT2D eigenvalue weighted by molar-refractivity contribution is -0.00221. The summed E-state index contributed by atoms with van der Waals surface area (Å²) in [4.78, 5) is 2.81. The van der Waals surface area contributed by atoms with Crippen molar-refractivity contribution >= 4 is 0 Å². The highest BCUT2D eigenvalue weighted by Crippen LogP contribution is 2.36. The van der Waals surface area contributed by atoms with Gasteiger partial charge in [-0.25, -0.2) is 0 Å². The molecule has 0 spiro atoms. The minimum absolute atomic E-state index is 0.633. The van der Waals surface area contributed by atoms with Crippen molar-refractivity contribution in [2.75, 3.05) is 13.1 Å². The van der Waals surface area contributed by atoms with Crippen LogP contribution >= 0.6 is 0 Å². The molecule has 1 heterocycles. The molecule has 0 amide bonds. The van der Waals surface area contributed by atoms with Crippen LogP contribution in [0.25, 0.3) is 0 Å².